The minimum Gasteiger partial charge on any atom is -0.314 e. The summed E-state index contributed by atoms with van der Waals surface area (Å²) in [6.07, 6.45) is 8.64. The Labute approximate surface area is 99.8 Å². The van der Waals surface area contributed by atoms with E-state index < -0.39 is 0 Å². The Morgan fingerprint density at radius 2 is 1.87 bits per heavy atom. The Morgan fingerprint density at radius 3 is 2.47 bits per heavy atom. The molecule has 0 aliphatic heterocycles. The van der Waals surface area contributed by atoms with Crippen LogP contribution in [0.15, 0.2) is 0 Å². The van der Waals surface area contributed by atoms with Crippen molar-refractivity contribution in [3.05, 3.63) is 0 Å². The topological polar surface area (TPSA) is 12.0 Å². The Bertz CT molecular complexity index is 155. The van der Waals surface area contributed by atoms with Crippen LogP contribution < -0.4 is 5.32 Å². The van der Waals surface area contributed by atoms with Gasteiger partial charge >= 0.3 is 0 Å². The SMILES string of the molecule is CCNC(C)CC(C)SC1CCCCC1. The van der Waals surface area contributed by atoms with E-state index in [1.165, 1.54) is 38.5 Å². The average molecular weight is 229 g/mol. The van der Waals surface area contributed by atoms with Crippen LogP contribution in [0.5, 0.6) is 0 Å². The first kappa shape index (κ1) is 13.4. The minimum atomic E-state index is 0.682. The molecule has 1 saturated carbocycles. The molecule has 0 heterocycles. The van der Waals surface area contributed by atoms with Crippen molar-refractivity contribution in [2.75, 3.05) is 6.54 Å². The van der Waals surface area contributed by atoms with E-state index in [1.54, 1.807) is 0 Å². The van der Waals surface area contributed by atoms with Crippen LogP contribution in [0.25, 0.3) is 0 Å². The van der Waals surface area contributed by atoms with E-state index in [9.17, 15) is 0 Å². The van der Waals surface area contributed by atoms with Crippen LogP contribution in [0.2, 0.25) is 0 Å². The van der Waals surface area contributed by atoms with E-state index >= 15 is 0 Å². The summed E-state index contributed by atoms with van der Waals surface area (Å²) < 4.78 is 0. The van der Waals surface area contributed by atoms with Crippen molar-refractivity contribution in [1.82, 2.24) is 5.32 Å². The van der Waals surface area contributed by atoms with Crippen LogP contribution >= 0.6 is 11.8 Å². The molecule has 0 aromatic rings. The van der Waals surface area contributed by atoms with Gasteiger partial charge in [-0.2, -0.15) is 11.8 Å². The van der Waals surface area contributed by atoms with Crippen molar-refractivity contribution in [2.24, 2.45) is 0 Å². The Morgan fingerprint density at radius 1 is 1.20 bits per heavy atom. The van der Waals surface area contributed by atoms with Gasteiger partial charge in [0.2, 0.25) is 0 Å². The van der Waals surface area contributed by atoms with Gasteiger partial charge in [-0.15, -0.1) is 0 Å². The summed E-state index contributed by atoms with van der Waals surface area (Å²) in [5.41, 5.74) is 0. The standard InChI is InChI=1S/C13H27NS/c1-4-14-11(2)10-12(3)15-13-8-6-5-7-9-13/h11-14H,4-10H2,1-3H3. The first-order valence-corrected chi connectivity index (χ1v) is 7.55. The fourth-order valence-corrected chi connectivity index (χ4v) is 4.18. The second kappa shape index (κ2) is 7.56. The highest BCUT2D eigenvalue weighted by molar-refractivity contribution is 8.00. The zero-order valence-electron chi connectivity index (χ0n) is 10.6. The minimum absolute atomic E-state index is 0.682. The molecular formula is C13H27NS. The molecular weight excluding hydrogens is 202 g/mol. The molecule has 0 saturated heterocycles. The van der Waals surface area contributed by atoms with Crippen LogP contribution in [-0.2, 0) is 0 Å². The molecule has 1 aliphatic rings. The number of rotatable bonds is 6. The summed E-state index contributed by atoms with van der Waals surface area (Å²) in [6, 6.07) is 0.682. The second-order valence-corrected chi connectivity index (χ2v) is 6.64. The molecule has 0 amide bonds. The van der Waals surface area contributed by atoms with E-state index in [-0.39, 0.29) is 0 Å². The third-order valence-corrected chi connectivity index (χ3v) is 4.73. The van der Waals surface area contributed by atoms with Crippen LogP contribution in [0, 0.1) is 0 Å². The summed E-state index contributed by atoms with van der Waals surface area (Å²) in [4.78, 5) is 0. The van der Waals surface area contributed by atoms with Gasteiger partial charge in [0.15, 0.2) is 0 Å². The Hall–Kier alpha value is 0.310. The zero-order chi connectivity index (χ0) is 11.1. The molecule has 1 nitrogen and oxygen atoms in total. The number of thioether (sulfide) groups is 1. The van der Waals surface area contributed by atoms with E-state index in [0.29, 0.717) is 6.04 Å². The maximum atomic E-state index is 3.50. The molecule has 1 rings (SSSR count). The summed E-state index contributed by atoms with van der Waals surface area (Å²) in [5, 5.41) is 5.28. The molecule has 90 valence electrons. The fraction of sp³-hybridized carbons (Fsp3) is 1.00. The van der Waals surface area contributed by atoms with Gasteiger partial charge in [0.05, 0.1) is 0 Å². The first-order valence-electron chi connectivity index (χ1n) is 6.61. The molecule has 1 aliphatic carbocycles. The molecule has 1 fully saturated rings. The largest absolute Gasteiger partial charge is 0.314 e. The van der Waals surface area contributed by atoms with E-state index in [1.807, 2.05) is 0 Å². The molecule has 1 N–H and O–H groups in total. The number of hydrogen-bond acceptors (Lipinski definition) is 2. The summed E-state index contributed by atoms with van der Waals surface area (Å²) in [7, 11) is 0. The van der Waals surface area contributed by atoms with Gasteiger partial charge in [-0.3, -0.25) is 0 Å². The van der Waals surface area contributed by atoms with Gasteiger partial charge in [-0.05, 0) is 32.7 Å². The lowest BCUT2D eigenvalue weighted by atomic mass is 10.0. The predicted octanol–water partition coefficient (Wildman–Crippen LogP) is 3.83. The summed E-state index contributed by atoms with van der Waals surface area (Å²) >= 11 is 2.23. The molecule has 0 aromatic carbocycles. The lowest BCUT2D eigenvalue weighted by Crippen LogP contribution is -2.28. The smallest absolute Gasteiger partial charge is 0.00497 e. The van der Waals surface area contributed by atoms with Crippen LogP contribution in [0.4, 0.5) is 0 Å². The first-order chi connectivity index (χ1) is 7.22. The molecule has 0 spiro atoms. The van der Waals surface area contributed by atoms with Crippen molar-refractivity contribution in [3.8, 4) is 0 Å². The van der Waals surface area contributed by atoms with Crippen LogP contribution in [-0.4, -0.2) is 23.1 Å². The van der Waals surface area contributed by atoms with Crippen molar-refractivity contribution in [1.29, 1.82) is 0 Å². The predicted molar refractivity (Wildman–Crippen MR) is 71.7 cm³/mol. The lowest BCUT2D eigenvalue weighted by molar-refractivity contribution is 0.507. The quantitative estimate of drug-likeness (QED) is 0.743. The van der Waals surface area contributed by atoms with Gasteiger partial charge < -0.3 is 5.32 Å². The molecule has 15 heavy (non-hydrogen) atoms. The summed E-state index contributed by atoms with van der Waals surface area (Å²) in [6.45, 7) is 7.99. The van der Waals surface area contributed by atoms with Crippen molar-refractivity contribution in [2.45, 2.75) is 75.8 Å². The molecule has 0 radical (unpaired) electrons. The van der Waals surface area contributed by atoms with Gasteiger partial charge in [0.25, 0.3) is 0 Å². The molecule has 2 heteroatoms. The highest BCUT2D eigenvalue weighted by Gasteiger charge is 2.17. The van der Waals surface area contributed by atoms with Crippen LogP contribution in [0.3, 0.4) is 0 Å². The van der Waals surface area contributed by atoms with Gasteiger partial charge in [-0.25, -0.2) is 0 Å². The maximum absolute atomic E-state index is 3.50. The monoisotopic (exact) mass is 229 g/mol. The molecule has 2 unspecified atom stereocenters. The lowest BCUT2D eigenvalue weighted by Gasteiger charge is -2.26. The van der Waals surface area contributed by atoms with Gasteiger partial charge in [0, 0.05) is 16.5 Å². The molecule has 0 bridgehead atoms. The Balaban J connectivity index is 2.13. The highest BCUT2D eigenvalue weighted by Crippen LogP contribution is 2.32. The fourth-order valence-electron chi connectivity index (χ4n) is 2.51. The van der Waals surface area contributed by atoms with Crippen molar-refractivity contribution < 1.29 is 0 Å². The number of hydrogen-bond donors (Lipinski definition) is 1. The van der Waals surface area contributed by atoms with E-state index in [2.05, 4.69) is 37.8 Å². The zero-order valence-corrected chi connectivity index (χ0v) is 11.4. The van der Waals surface area contributed by atoms with E-state index in [4.69, 9.17) is 0 Å². The van der Waals surface area contributed by atoms with E-state index in [0.717, 1.165) is 17.0 Å². The Kier molecular flexibility index (Phi) is 6.74. The third kappa shape index (κ3) is 5.82. The normalized spacial score (nSPS) is 22.6. The summed E-state index contributed by atoms with van der Waals surface area (Å²) in [5.74, 6) is 0. The van der Waals surface area contributed by atoms with Gasteiger partial charge in [0.1, 0.15) is 0 Å². The number of nitrogens with one attached hydrogen (secondary N) is 1. The second-order valence-electron chi connectivity index (χ2n) is 4.90. The third-order valence-electron chi connectivity index (χ3n) is 3.22. The molecule has 0 aromatic heterocycles. The van der Waals surface area contributed by atoms with Gasteiger partial charge in [-0.1, -0.05) is 33.1 Å². The van der Waals surface area contributed by atoms with Crippen molar-refractivity contribution >= 4 is 11.8 Å². The average Bonchev–Trinajstić information content (AvgIpc) is 2.19. The van der Waals surface area contributed by atoms with Crippen LogP contribution in [0.1, 0.15) is 59.3 Å². The molecule has 2 atom stereocenters. The maximum Gasteiger partial charge on any atom is 0.00497 e. The highest BCUT2D eigenvalue weighted by atomic mass is 32.2. The van der Waals surface area contributed by atoms with Crippen molar-refractivity contribution in [3.63, 3.8) is 0 Å².